The molecule has 0 radical (unpaired) electrons. The molecule has 0 unspecified atom stereocenters. The van der Waals surface area contributed by atoms with Crippen molar-refractivity contribution >= 4 is 31.9 Å². The van der Waals surface area contributed by atoms with E-state index < -0.39 is 0 Å². The second kappa shape index (κ2) is 3.60. The van der Waals surface area contributed by atoms with Gasteiger partial charge in [0.05, 0.1) is 6.54 Å². The van der Waals surface area contributed by atoms with Gasteiger partial charge >= 0.3 is 0 Å². The summed E-state index contributed by atoms with van der Waals surface area (Å²) >= 11 is 6.99. The average Bonchev–Trinajstić information content (AvgIpc) is 2.78. The van der Waals surface area contributed by atoms with Crippen LogP contribution in [0.5, 0.6) is 0 Å². The molecule has 4 heteroatoms. The molecule has 3 aliphatic rings. The minimum Gasteiger partial charge on any atom is -0.453 e. The molecule has 1 aromatic rings. The summed E-state index contributed by atoms with van der Waals surface area (Å²) in [7, 11) is 0. The number of nitrogens with zero attached hydrogens (tertiary/aromatic N) is 1. The number of rotatable bonds is 3. The highest BCUT2D eigenvalue weighted by molar-refractivity contribution is 9.10. The molecule has 1 aliphatic carbocycles. The normalized spacial score (nSPS) is 34.4. The molecule has 15 heavy (non-hydrogen) atoms. The van der Waals surface area contributed by atoms with Crippen LogP contribution in [-0.4, -0.2) is 22.3 Å². The molecule has 82 valence electrons. The molecule has 2 nitrogen and oxygen atoms in total. The highest BCUT2D eigenvalue weighted by Gasteiger charge is 2.54. The Balaban J connectivity index is 1.74. The standard InChI is InChI=1S/C11H13Br2NO/c12-7-11-3-8(4-11)5-14(11)6-9-1-2-10(13)15-9/h1-2,8H,3-7H2. The van der Waals surface area contributed by atoms with Gasteiger partial charge in [0.1, 0.15) is 5.76 Å². The van der Waals surface area contributed by atoms with Crippen molar-refractivity contribution < 1.29 is 4.42 Å². The van der Waals surface area contributed by atoms with Crippen LogP contribution in [0.3, 0.4) is 0 Å². The number of halogens is 2. The van der Waals surface area contributed by atoms with Gasteiger partial charge in [-0.05, 0) is 46.8 Å². The number of furan rings is 1. The number of alkyl halides is 1. The van der Waals surface area contributed by atoms with Crippen molar-refractivity contribution in [1.82, 2.24) is 4.90 Å². The van der Waals surface area contributed by atoms with Crippen LogP contribution in [0.25, 0.3) is 0 Å². The van der Waals surface area contributed by atoms with E-state index in [0.717, 1.165) is 28.2 Å². The Bertz CT molecular complexity index is 370. The van der Waals surface area contributed by atoms with Crippen molar-refractivity contribution in [3.63, 3.8) is 0 Å². The van der Waals surface area contributed by atoms with Crippen LogP contribution in [0, 0.1) is 5.92 Å². The van der Waals surface area contributed by atoms with E-state index in [4.69, 9.17) is 4.42 Å². The summed E-state index contributed by atoms with van der Waals surface area (Å²) in [5.41, 5.74) is 0.434. The second-order valence-electron chi connectivity index (χ2n) is 4.72. The second-order valence-corrected chi connectivity index (χ2v) is 6.06. The van der Waals surface area contributed by atoms with Gasteiger partial charge in [0.25, 0.3) is 0 Å². The Morgan fingerprint density at radius 3 is 2.87 bits per heavy atom. The van der Waals surface area contributed by atoms with E-state index in [1.165, 1.54) is 19.4 Å². The first-order valence-electron chi connectivity index (χ1n) is 5.27. The van der Waals surface area contributed by atoms with Crippen molar-refractivity contribution in [1.29, 1.82) is 0 Å². The zero-order chi connectivity index (χ0) is 10.5. The monoisotopic (exact) mass is 333 g/mol. The summed E-state index contributed by atoms with van der Waals surface area (Å²) in [6.07, 6.45) is 2.72. The van der Waals surface area contributed by atoms with Gasteiger partial charge in [-0.1, -0.05) is 15.9 Å². The van der Waals surface area contributed by atoms with Crippen molar-refractivity contribution in [2.24, 2.45) is 5.92 Å². The number of fused-ring (bicyclic) bond motifs is 1. The van der Waals surface area contributed by atoms with Gasteiger partial charge < -0.3 is 4.42 Å². The lowest BCUT2D eigenvalue weighted by Crippen LogP contribution is -2.46. The Morgan fingerprint density at radius 2 is 2.27 bits per heavy atom. The lowest BCUT2D eigenvalue weighted by molar-refractivity contribution is 0.122. The molecule has 1 saturated carbocycles. The fraction of sp³-hybridized carbons (Fsp3) is 0.636. The van der Waals surface area contributed by atoms with Crippen molar-refractivity contribution in [3.05, 3.63) is 22.6 Å². The number of hydrogen-bond acceptors (Lipinski definition) is 2. The SMILES string of the molecule is BrCC12CC(CN1Cc1ccc(Br)o1)C2. The predicted molar refractivity (Wildman–Crippen MR) is 66.1 cm³/mol. The van der Waals surface area contributed by atoms with Gasteiger partial charge in [-0.25, -0.2) is 0 Å². The third kappa shape index (κ3) is 1.61. The van der Waals surface area contributed by atoms with E-state index in [-0.39, 0.29) is 0 Å². The first-order valence-corrected chi connectivity index (χ1v) is 7.18. The first-order chi connectivity index (χ1) is 7.22. The van der Waals surface area contributed by atoms with Crippen LogP contribution >= 0.6 is 31.9 Å². The van der Waals surface area contributed by atoms with E-state index in [1.54, 1.807) is 0 Å². The van der Waals surface area contributed by atoms with Crippen LogP contribution in [0.4, 0.5) is 0 Å². The molecule has 2 saturated heterocycles. The topological polar surface area (TPSA) is 16.4 Å². The van der Waals surface area contributed by atoms with E-state index in [2.05, 4.69) is 42.8 Å². The average molecular weight is 335 g/mol. The highest BCUT2D eigenvalue weighted by Crippen LogP contribution is 2.51. The van der Waals surface area contributed by atoms with Gasteiger partial charge in [-0.3, -0.25) is 4.90 Å². The summed E-state index contributed by atoms with van der Waals surface area (Å²) < 4.78 is 6.39. The zero-order valence-electron chi connectivity index (χ0n) is 8.38. The molecule has 1 aromatic heterocycles. The summed E-state index contributed by atoms with van der Waals surface area (Å²) in [5, 5.41) is 1.10. The summed E-state index contributed by atoms with van der Waals surface area (Å²) in [6.45, 7) is 2.19. The largest absolute Gasteiger partial charge is 0.453 e. The lowest BCUT2D eigenvalue weighted by Gasteiger charge is -2.40. The summed E-state index contributed by atoms with van der Waals surface area (Å²) in [6, 6.07) is 4.03. The van der Waals surface area contributed by atoms with E-state index in [1.807, 2.05) is 6.07 Å². The van der Waals surface area contributed by atoms with E-state index in [9.17, 15) is 0 Å². The first kappa shape index (κ1) is 10.4. The van der Waals surface area contributed by atoms with Crippen molar-refractivity contribution in [2.45, 2.75) is 24.9 Å². The summed E-state index contributed by atoms with van der Waals surface area (Å²) in [4.78, 5) is 2.57. The molecule has 0 spiro atoms. The molecule has 3 heterocycles. The van der Waals surface area contributed by atoms with Crippen LogP contribution in [0.1, 0.15) is 18.6 Å². The maximum Gasteiger partial charge on any atom is 0.169 e. The molecule has 0 aromatic carbocycles. The van der Waals surface area contributed by atoms with Gasteiger partial charge in [0, 0.05) is 17.4 Å². The maximum atomic E-state index is 5.56. The fourth-order valence-electron chi connectivity index (χ4n) is 2.96. The van der Waals surface area contributed by atoms with Crippen LogP contribution in [-0.2, 0) is 6.54 Å². The molecule has 0 N–H and O–H groups in total. The molecular formula is C11H13Br2NO. The van der Waals surface area contributed by atoms with Crippen LogP contribution in [0.2, 0.25) is 0 Å². The molecule has 0 atom stereocenters. The molecular weight excluding hydrogens is 322 g/mol. The summed E-state index contributed by atoms with van der Waals surface area (Å²) in [5.74, 6) is 2.00. The number of hydrogen-bond donors (Lipinski definition) is 0. The van der Waals surface area contributed by atoms with Gasteiger partial charge in [0.2, 0.25) is 0 Å². The molecule has 4 rings (SSSR count). The quantitative estimate of drug-likeness (QED) is 0.788. The van der Waals surface area contributed by atoms with E-state index >= 15 is 0 Å². The Morgan fingerprint density at radius 1 is 1.47 bits per heavy atom. The third-order valence-electron chi connectivity index (χ3n) is 3.71. The Labute approximate surface area is 106 Å². The highest BCUT2D eigenvalue weighted by atomic mass is 79.9. The van der Waals surface area contributed by atoms with Crippen LogP contribution < -0.4 is 0 Å². The smallest absolute Gasteiger partial charge is 0.169 e. The molecule has 3 fully saturated rings. The molecule has 0 amide bonds. The minimum absolute atomic E-state index is 0.434. The molecule has 2 aliphatic heterocycles. The zero-order valence-corrected chi connectivity index (χ0v) is 11.6. The maximum absolute atomic E-state index is 5.56. The fourth-order valence-corrected chi connectivity index (χ4v) is 4.11. The Kier molecular flexibility index (Phi) is 2.49. The lowest BCUT2D eigenvalue weighted by atomic mass is 9.75. The van der Waals surface area contributed by atoms with Crippen molar-refractivity contribution in [3.8, 4) is 0 Å². The van der Waals surface area contributed by atoms with Crippen molar-refractivity contribution in [2.75, 3.05) is 11.9 Å². The van der Waals surface area contributed by atoms with Gasteiger partial charge in [0.15, 0.2) is 4.67 Å². The molecule has 2 bridgehead atoms. The Hall–Kier alpha value is 0.200. The van der Waals surface area contributed by atoms with Crippen LogP contribution in [0.15, 0.2) is 21.2 Å². The van der Waals surface area contributed by atoms with E-state index in [0.29, 0.717) is 5.54 Å². The van der Waals surface area contributed by atoms with Gasteiger partial charge in [-0.15, -0.1) is 0 Å². The predicted octanol–water partition coefficient (Wildman–Crippen LogP) is 3.40. The minimum atomic E-state index is 0.434. The van der Waals surface area contributed by atoms with Gasteiger partial charge in [-0.2, -0.15) is 0 Å². The third-order valence-corrected chi connectivity index (χ3v) is 5.18.